The molecule has 1 fully saturated rings. The third-order valence-electron chi connectivity index (χ3n) is 5.33. The minimum absolute atomic E-state index is 0.129. The van der Waals surface area contributed by atoms with E-state index in [4.69, 9.17) is 23.2 Å². The fraction of sp³-hybridized carbons (Fsp3) is 0.0870. The first-order chi connectivity index (χ1) is 16.3. The summed E-state index contributed by atoms with van der Waals surface area (Å²) >= 11 is 12.7. The van der Waals surface area contributed by atoms with Gasteiger partial charge in [0.1, 0.15) is 0 Å². The lowest BCUT2D eigenvalue weighted by Gasteiger charge is -2.17. The molecule has 4 aromatic rings. The van der Waals surface area contributed by atoms with E-state index < -0.39 is 16.1 Å². The summed E-state index contributed by atoms with van der Waals surface area (Å²) < 4.78 is 27.7. The van der Waals surface area contributed by atoms with Gasteiger partial charge in [0.05, 0.1) is 26.8 Å². The van der Waals surface area contributed by atoms with Gasteiger partial charge in [-0.2, -0.15) is 13.1 Å². The average molecular weight is 514 g/mol. The Morgan fingerprint density at radius 1 is 1.03 bits per heavy atom. The van der Waals surface area contributed by atoms with Gasteiger partial charge < -0.3 is 5.32 Å². The van der Waals surface area contributed by atoms with Gasteiger partial charge in [-0.05, 0) is 42.5 Å². The number of nitrogens with one attached hydrogen (secondary N) is 2. The monoisotopic (exact) mass is 513 g/mol. The molecule has 5 rings (SSSR count). The first-order valence-corrected chi connectivity index (χ1v) is 12.4. The Hall–Kier alpha value is -3.24. The fourth-order valence-corrected chi connectivity index (χ4v) is 5.35. The van der Waals surface area contributed by atoms with E-state index in [2.05, 4.69) is 20.0 Å². The molecule has 2 heterocycles. The SMILES string of the molecule is O=C(Nc1ccc(Cl)c(-c2ncc3ccccc3n2)c1)c1ccc(N2CCNS2(=O)=O)cc1Cl. The van der Waals surface area contributed by atoms with E-state index >= 15 is 0 Å². The third-order valence-corrected chi connectivity index (χ3v) is 7.51. The molecular weight excluding hydrogens is 497 g/mol. The molecular formula is C23H17Cl2N5O3S. The minimum Gasteiger partial charge on any atom is -0.322 e. The van der Waals surface area contributed by atoms with Crippen LogP contribution in [-0.4, -0.2) is 37.4 Å². The van der Waals surface area contributed by atoms with Crippen LogP contribution in [0.3, 0.4) is 0 Å². The van der Waals surface area contributed by atoms with Crippen molar-refractivity contribution < 1.29 is 13.2 Å². The van der Waals surface area contributed by atoms with Gasteiger partial charge in [-0.3, -0.25) is 9.10 Å². The van der Waals surface area contributed by atoms with Crippen molar-refractivity contribution in [2.24, 2.45) is 0 Å². The number of halogens is 2. The summed E-state index contributed by atoms with van der Waals surface area (Å²) in [5, 5.41) is 4.27. The summed E-state index contributed by atoms with van der Waals surface area (Å²) in [6.45, 7) is 0.594. The molecule has 1 saturated heterocycles. The maximum Gasteiger partial charge on any atom is 0.301 e. The number of anilines is 2. The van der Waals surface area contributed by atoms with E-state index in [9.17, 15) is 13.2 Å². The van der Waals surface area contributed by atoms with Gasteiger partial charge in [0, 0.05) is 35.9 Å². The topological polar surface area (TPSA) is 104 Å². The highest BCUT2D eigenvalue weighted by molar-refractivity contribution is 7.91. The Morgan fingerprint density at radius 3 is 2.62 bits per heavy atom. The van der Waals surface area contributed by atoms with Crippen LogP contribution in [0.5, 0.6) is 0 Å². The number of nitrogens with zero attached hydrogens (tertiary/aromatic N) is 3. The number of benzene rings is 3. The Kier molecular flexibility index (Phi) is 5.86. The van der Waals surface area contributed by atoms with E-state index in [-0.39, 0.29) is 17.1 Å². The second-order valence-corrected chi connectivity index (χ2v) is 10.0. The van der Waals surface area contributed by atoms with Crippen LogP contribution >= 0.6 is 23.2 Å². The van der Waals surface area contributed by atoms with Crippen molar-refractivity contribution in [2.75, 3.05) is 22.7 Å². The van der Waals surface area contributed by atoms with Crippen molar-refractivity contribution in [3.8, 4) is 11.4 Å². The molecule has 0 radical (unpaired) electrons. The van der Waals surface area contributed by atoms with Crippen molar-refractivity contribution >= 4 is 61.6 Å². The molecule has 0 aliphatic carbocycles. The second-order valence-electron chi connectivity index (χ2n) is 7.54. The zero-order valence-electron chi connectivity index (χ0n) is 17.5. The van der Waals surface area contributed by atoms with Gasteiger partial charge in [-0.25, -0.2) is 9.97 Å². The van der Waals surface area contributed by atoms with Gasteiger partial charge in [0.15, 0.2) is 5.82 Å². The molecule has 8 nitrogen and oxygen atoms in total. The summed E-state index contributed by atoms with van der Waals surface area (Å²) in [7, 11) is -3.59. The number of hydrogen-bond acceptors (Lipinski definition) is 5. The van der Waals surface area contributed by atoms with Crippen LogP contribution in [0.1, 0.15) is 10.4 Å². The normalized spacial score (nSPS) is 14.9. The Labute approximate surface area is 205 Å². The highest BCUT2D eigenvalue weighted by atomic mass is 35.5. The summed E-state index contributed by atoms with van der Waals surface area (Å²) in [5.41, 5.74) is 2.41. The van der Waals surface area contributed by atoms with Crippen molar-refractivity contribution in [3.63, 3.8) is 0 Å². The summed E-state index contributed by atoms with van der Waals surface area (Å²) in [4.78, 5) is 21.9. The standard InChI is InChI=1S/C23H17Cl2N5O3S/c24-19-8-5-15(11-18(19)22-26-13-14-3-1-2-4-21(14)29-22)28-23(31)17-7-6-16(12-20(17)25)30-10-9-27-34(30,32)33/h1-8,11-13,27H,9-10H2,(H,28,31). The van der Waals surface area contributed by atoms with Crippen molar-refractivity contribution in [3.05, 3.63) is 82.5 Å². The van der Waals surface area contributed by atoms with Gasteiger partial charge in [0.25, 0.3) is 5.91 Å². The molecule has 11 heteroatoms. The lowest BCUT2D eigenvalue weighted by molar-refractivity contribution is 0.102. The number of para-hydroxylation sites is 1. The van der Waals surface area contributed by atoms with E-state index in [1.165, 1.54) is 16.4 Å². The molecule has 1 aliphatic rings. The predicted molar refractivity (Wildman–Crippen MR) is 134 cm³/mol. The average Bonchev–Trinajstić information content (AvgIpc) is 3.18. The zero-order valence-corrected chi connectivity index (χ0v) is 19.8. The van der Waals surface area contributed by atoms with E-state index in [0.717, 1.165) is 10.9 Å². The molecule has 1 aliphatic heterocycles. The van der Waals surface area contributed by atoms with Crippen molar-refractivity contribution in [1.82, 2.24) is 14.7 Å². The molecule has 34 heavy (non-hydrogen) atoms. The number of carbonyl (C=O) groups excluding carboxylic acids is 1. The molecule has 1 aromatic heterocycles. The molecule has 0 saturated carbocycles. The second kappa shape index (κ2) is 8.84. The molecule has 2 N–H and O–H groups in total. The number of hydrogen-bond donors (Lipinski definition) is 2. The van der Waals surface area contributed by atoms with Crippen LogP contribution in [-0.2, 0) is 10.2 Å². The smallest absolute Gasteiger partial charge is 0.301 e. The first-order valence-electron chi connectivity index (χ1n) is 10.2. The van der Waals surface area contributed by atoms with E-state index in [1.54, 1.807) is 30.5 Å². The van der Waals surface area contributed by atoms with E-state index in [0.29, 0.717) is 34.3 Å². The van der Waals surface area contributed by atoms with Crippen molar-refractivity contribution in [1.29, 1.82) is 0 Å². The Morgan fingerprint density at radius 2 is 1.85 bits per heavy atom. The number of carbonyl (C=O) groups is 1. The van der Waals surface area contributed by atoms with Crippen LogP contribution in [0.2, 0.25) is 10.0 Å². The number of fused-ring (bicyclic) bond motifs is 1. The summed E-state index contributed by atoms with van der Waals surface area (Å²) in [5.74, 6) is -0.0192. The predicted octanol–water partition coefficient (Wildman–Crippen LogP) is 4.51. The van der Waals surface area contributed by atoms with Gasteiger partial charge in [-0.15, -0.1) is 0 Å². The third kappa shape index (κ3) is 4.30. The summed E-state index contributed by atoms with van der Waals surface area (Å²) in [6.07, 6.45) is 1.72. The lowest BCUT2D eigenvalue weighted by atomic mass is 10.1. The molecule has 3 aromatic carbocycles. The number of aromatic nitrogens is 2. The molecule has 0 unspecified atom stereocenters. The maximum absolute atomic E-state index is 12.9. The van der Waals surface area contributed by atoms with Crippen LogP contribution in [0.4, 0.5) is 11.4 Å². The van der Waals surface area contributed by atoms with Gasteiger partial charge >= 0.3 is 10.2 Å². The number of rotatable bonds is 4. The highest BCUT2D eigenvalue weighted by Gasteiger charge is 2.28. The van der Waals surface area contributed by atoms with Crippen molar-refractivity contribution in [2.45, 2.75) is 0 Å². The van der Waals surface area contributed by atoms with Gasteiger partial charge in [-0.1, -0.05) is 41.4 Å². The minimum atomic E-state index is -3.59. The Bertz CT molecular complexity index is 1550. The van der Waals surface area contributed by atoms with Crippen LogP contribution in [0.15, 0.2) is 66.9 Å². The number of amides is 1. The van der Waals surface area contributed by atoms with Gasteiger partial charge in [0.2, 0.25) is 0 Å². The quantitative estimate of drug-likeness (QED) is 0.417. The largest absolute Gasteiger partial charge is 0.322 e. The maximum atomic E-state index is 12.9. The lowest BCUT2D eigenvalue weighted by Crippen LogP contribution is -2.29. The van der Waals surface area contributed by atoms with Crippen LogP contribution in [0.25, 0.3) is 22.3 Å². The molecule has 172 valence electrons. The van der Waals surface area contributed by atoms with Crippen LogP contribution < -0.4 is 14.3 Å². The zero-order chi connectivity index (χ0) is 23.9. The molecule has 1 amide bonds. The highest BCUT2D eigenvalue weighted by Crippen LogP contribution is 2.31. The Balaban J connectivity index is 1.41. The molecule has 0 bridgehead atoms. The molecule has 0 atom stereocenters. The first kappa shape index (κ1) is 22.5. The van der Waals surface area contributed by atoms with E-state index in [1.807, 2.05) is 24.3 Å². The molecule has 0 spiro atoms. The van der Waals surface area contributed by atoms with Crippen LogP contribution in [0, 0.1) is 0 Å². The fourth-order valence-electron chi connectivity index (χ4n) is 3.66. The summed E-state index contributed by atoms with van der Waals surface area (Å²) in [6, 6.07) is 17.1.